The fourth-order valence-electron chi connectivity index (χ4n) is 3.66. The molecule has 0 spiro atoms. The van der Waals surface area contributed by atoms with Crippen LogP contribution in [-0.4, -0.2) is 42.0 Å². The second kappa shape index (κ2) is 10.8. The summed E-state index contributed by atoms with van der Waals surface area (Å²) in [7, 11) is 0. The van der Waals surface area contributed by atoms with Gasteiger partial charge in [-0.15, -0.1) is 0 Å². The van der Waals surface area contributed by atoms with E-state index >= 15 is 0 Å². The minimum atomic E-state index is -0.0752. The van der Waals surface area contributed by atoms with Crippen LogP contribution < -0.4 is 10.1 Å². The molecule has 5 heteroatoms. The number of likely N-dealkylation sites (N-methyl/N-ethyl adjacent to an activating group) is 1. The third kappa shape index (κ3) is 5.42. The van der Waals surface area contributed by atoms with Crippen molar-refractivity contribution in [3.63, 3.8) is 0 Å². The van der Waals surface area contributed by atoms with Crippen LogP contribution in [0.5, 0.6) is 5.75 Å². The molecule has 1 aromatic heterocycles. The zero-order valence-electron chi connectivity index (χ0n) is 18.3. The number of hydrogen-bond acceptors (Lipinski definition) is 3. The Labute approximate surface area is 179 Å². The Hall–Kier alpha value is -2.79. The van der Waals surface area contributed by atoms with E-state index in [2.05, 4.69) is 36.0 Å². The lowest BCUT2D eigenvalue weighted by molar-refractivity contribution is 0.102. The Morgan fingerprint density at radius 2 is 1.77 bits per heavy atom. The van der Waals surface area contributed by atoms with Crippen LogP contribution in [0.4, 0.5) is 5.69 Å². The van der Waals surface area contributed by atoms with E-state index in [0.717, 1.165) is 72.5 Å². The molecule has 2 aromatic carbocycles. The van der Waals surface area contributed by atoms with Gasteiger partial charge >= 0.3 is 0 Å². The van der Waals surface area contributed by atoms with Crippen molar-refractivity contribution in [1.82, 2.24) is 9.88 Å². The normalized spacial score (nSPS) is 11.2. The number of unbranched alkanes of at least 4 members (excludes halogenated alkanes) is 1. The summed E-state index contributed by atoms with van der Waals surface area (Å²) in [5.74, 6) is 0.740. The molecule has 0 aliphatic carbocycles. The lowest BCUT2D eigenvalue weighted by Crippen LogP contribution is -2.27. The first-order valence-electron chi connectivity index (χ1n) is 11.0. The van der Waals surface area contributed by atoms with E-state index in [9.17, 15) is 4.79 Å². The van der Waals surface area contributed by atoms with Gasteiger partial charge in [-0.2, -0.15) is 0 Å². The minimum absolute atomic E-state index is 0.0752. The smallest absolute Gasteiger partial charge is 0.258 e. The summed E-state index contributed by atoms with van der Waals surface area (Å²) in [4.78, 5) is 18.9. The second-order valence-corrected chi connectivity index (χ2v) is 7.48. The fraction of sp³-hybridized carbons (Fsp3) is 0.400. The summed E-state index contributed by atoms with van der Waals surface area (Å²) < 4.78 is 5.83. The Kier molecular flexibility index (Phi) is 7.91. The van der Waals surface area contributed by atoms with Crippen LogP contribution >= 0.6 is 0 Å². The monoisotopic (exact) mass is 407 g/mol. The van der Waals surface area contributed by atoms with E-state index < -0.39 is 0 Å². The summed E-state index contributed by atoms with van der Waals surface area (Å²) in [6.45, 7) is 10.1. The van der Waals surface area contributed by atoms with Crippen molar-refractivity contribution in [3.05, 3.63) is 59.8 Å². The molecule has 3 rings (SSSR count). The van der Waals surface area contributed by atoms with Gasteiger partial charge in [0.15, 0.2) is 0 Å². The van der Waals surface area contributed by atoms with Gasteiger partial charge in [-0.25, -0.2) is 0 Å². The predicted molar refractivity (Wildman–Crippen MR) is 125 cm³/mol. The number of benzene rings is 2. The Morgan fingerprint density at radius 1 is 1.03 bits per heavy atom. The molecule has 5 nitrogen and oxygen atoms in total. The van der Waals surface area contributed by atoms with Crippen molar-refractivity contribution in [1.29, 1.82) is 0 Å². The van der Waals surface area contributed by atoms with Gasteiger partial charge in [-0.3, -0.25) is 4.79 Å². The van der Waals surface area contributed by atoms with Crippen molar-refractivity contribution < 1.29 is 9.53 Å². The quantitative estimate of drug-likeness (QED) is 0.442. The molecule has 0 fully saturated rings. The highest BCUT2D eigenvalue weighted by atomic mass is 16.5. The third-order valence-corrected chi connectivity index (χ3v) is 5.47. The molecule has 30 heavy (non-hydrogen) atoms. The van der Waals surface area contributed by atoms with E-state index in [0.29, 0.717) is 6.61 Å². The minimum Gasteiger partial charge on any atom is -0.492 e. The van der Waals surface area contributed by atoms with E-state index in [-0.39, 0.29) is 5.91 Å². The average Bonchev–Trinajstić information content (AvgIpc) is 3.15. The SMILES string of the molecule is CCCCc1[nH]c2ccccc2c1C(=O)Nc1ccc(OCCN(CC)CC)cc1. The zero-order chi connectivity index (χ0) is 21.3. The summed E-state index contributed by atoms with van der Waals surface area (Å²) in [5, 5.41) is 4.02. The van der Waals surface area contributed by atoms with Gasteiger partial charge in [0.2, 0.25) is 0 Å². The number of ether oxygens (including phenoxy) is 1. The number of carbonyl (C=O) groups is 1. The van der Waals surface area contributed by atoms with Crippen LogP contribution in [0.2, 0.25) is 0 Å². The number of carbonyl (C=O) groups excluding carboxylic acids is 1. The number of rotatable bonds is 11. The number of aromatic amines is 1. The highest BCUT2D eigenvalue weighted by Crippen LogP contribution is 2.25. The third-order valence-electron chi connectivity index (χ3n) is 5.47. The topological polar surface area (TPSA) is 57.4 Å². The van der Waals surface area contributed by atoms with Crippen LogP contribution in [0.25, 0.3) is 10.9 Å². The van der Waals surface area contributed by atoms with Crippen LogP contribution in [-0.2, 0) is 6.42 Å². The van der Waals surface area contributed by atoms with Crippen molar-refractivity contribution in [3.8, 4) is 5.75 Å². The molecule has 0 unspecified atom stereocenters. The fourth-order valence-corrected chi connectivity index (χ4v) is 3.66. The Bertz CT molecular complexity index is 943. The van der Waals surface area contributed by atoms with Crippen molar-refractivity contribution in [2.45, 2.75) is 40.0 Å². The maximum absolute atomic E-state index is 13.1. The molecule has 0 radical (unpaired) electrons. The summed E-state index contributed by atoms with van der Waals surface area (Å²) in [5.41, 5.74) is 3.53. The zero-order valence-corrected chi connectivity index (χ0v) is 18.3. The molecular weight excluding hydrogens is 374 g/mol. The van der Waals surface area contributed by atoms with Gasteiger partial charge in [0.05, 0.1) is 5.56 Å². The first-order chi connectivity index (χ1) is 14.7. The molecule has 2 N–H and O–H groups in total. The number of fused-ring (bicyclic) bond motifs is 1. The van der Waals surface area contributed by atoms with Crippen molar-refractivity contribution >= 4 is 22.5 Å². The Morgan fingerprint density at radius 3 is 2.47 bits per heavy atom. The Balaban J connectivity index is 1.67. The summed E-state index contributed by atoms with van der Waals surface area (Å²) >= 11 is 0. The molecule has 0 saturated carbocycles. The molecule has 3 aromatic rings. The predicted octanol–water partition coefficient (Wildman–Crippen LogP) is 5.48. The van der Waals surface area contributed by atoms with Crippen LogP contribution in [0, 0.1) is 0 Å². The average molecular weight is 408 g/mol. The number of anilines is 1. The van der Waals surface area contributed by atoms with E-state index in [1.54, 1.807) is 0 Å². The highest BCUT2D eigenvalue weighted by molar-refractivity contribution is 6.14. The molecule has 160 valence electrons. The van der Waals surface area contributed by atoms with Crippen LogP contribution in [0.1, 0.15) is 49.7 Å². The maximum atomic E-state index is 13.1. The molecule has 1 heterocycles. The van der Waals surface area contributed by atoms with E-state index in [1.165, 1.54) is 0 Å². The lowest BCUT2D eigenvalue weighted by Gasteiger charge is -2.18. The van der Waals surface area contributed by atoms with Gasteiger partial charge in [-0.1, -0.05) is 45.4 Å². The van der Waals surface area contributed by atoms with Gasteiger partial charge < -0.3 is 19.9 Å². The van der Waals surface area contributed by atoms with Crippen LogP contribution in [0.3, 0.4) is 0 Å². The molecule has 0 saturated heterocycles. The largest absolute Gasteiger partial charge is 0.492 e. The molecule has 0 atom stereocenters. The summed E-state index contributed by atoms with van der Waals surface area (Å²) in [6.07, 6.45) is 3.01. The van der Waals surface area contributed by atoms with Gasteiger partial charge in [0, 0.05) is 28.8 Å². The van der Waals surface area contributed by atoms with Gasteiger partial charge in [-0.05, 0) is 56.3 Å². The molecule has 1 amide bonds. The molecule has 0 aliphatic heterocycles. The molecule has 0 aliphatic rings. The second-order valence-electron chi connectivity index (χ2n) is 7.48. The van der Waals surface area contributed by atoms with Crippen molar-refractivity contribution in [2.75, 3.05) is 31.6 Å². The number of hydrogen-bond donors (Lipinski definition) is 2. The first-order valence-corrected chi connectivity index (χ1v) is 11.0. The number of H-pyrrole nitrogens is 1. The number of aryl methyl sites for hydroxylation is 1. The summed E-state index contributed by atoms with van der Waals surface area (Å²) in [6, 6.07) is 15.6. The molecule has 0 bridgehead atoms. The number of amides is 1. The first kappa shape index (κ1) is 21.9. The van der Waals surface area contributed by atoms with E-state index in [1.807, 2.05) is 48.5 Å². The highest BCUT2D eigenvalue weighted by Gasteiger charge is 2.18. The van der Waals surface area contributed by atoms with E-state index in [4.69, 9.17) is 4.74 Å². The number of para-hydroxylation sites is 1. The lowest BCUT2D eigenvalue weighted by atomic mass is 10.1. The van der Waals surface area contributed by atoms with Gasteiger partial charge in [0.25, 0.3) is 5.91 Å². The molecular formula is C25H33N3O2. The number of aromatic nitrogens is 1. The van der Waals surface area contributed by atoms with Crippen LogP contribution in [0.15, 0.2) is 48.5 Å². The number of nitrogens with one attached hydrogen (secondary N) is 2. The number of nitrogens with zero attached hydrogens (tertiary/aromatic N) is 1. The van der Waals surface area contributed by atoms with Crippen molar-refractivity contribution in [2.24, 2.45) is 0 Å². The standard InChI is InChI=1S/C25H33N3O2/c1-4-7-11-23-24(21-10-8-9-12-22(21)27-23)25(29)26-19-13-15-20(16-14-19)30-18-17-28(5-2)6-3/h8-10,12-16,27H,4-7,11,17-18H2,1-3H3,(H,26,29). The maximum Gasteiger partial charge on any atom is 0.258 e. The van der Waals surface area contributed by atoms with Gasteiger partial charge in [0.1, 0.15) is 12.4 Å².